The number of ether oxygens (including phenoxy) is 2. The topological polar surface area (TPSA) is 102 Å². The van der Waals surface area contributed by atoms with Gasteiger partial charge in [-0.1, -0.05) is 0 Å². The van der Waals surface area contributed by atoms with Gasteiger partial charge >= 0.3 is 18.4 Å². The molecule has 1 amide bonds. The molecule has 0 N–H and O–H groups in total. The molecule has 0 bridgehead atoms. The number of hydrogen-bond acceptors (Lipinski definition) is 7. The van der Waals surface area contributed by atoms with Crippen LogP contribution in [-0.4, -0.2) is 90.5 Å². The predicted molar refractivity (Wildman–Crippen MR) is 92.7 cm³/mol. The van der Waals surface area contributed by atoms with E-state index in [1.807, 2.05) is 0 Å². The SMILES string of the molecule is O=C(OC(C(F)(F)F)C(F)(F)F)N1CCC2(CC1)CN(S(=O)(=O)c1cnccn1)CCO2. The monoisotopic (exact) mass is 492 g/mol. The second-order valence-corrected chi connectivity index (χ2v) is 9.13. The number of sulfonamides is 1. The highest BCUT2D eigenvalue weighted by molar-refractivity contribution is 7.89. The lowest BCUT2D eigenvalue weighted by atomic mass is 9.90. The van der Waals surface area contributed by atoms with E-state index in [9.17, 15) is 39.6 Å². The third-order valence-electron chi connectivity index (χ3n) is 5.10. The molecular formula is C16H18F6N4O5S. The first-order valence-electron chi connectivity index (χ1n) is 9.24. The molecule has 2 aliphatic rings. The number of amides is 1. The normalized spacial score (nSPS) is 20.5. The summed E-state index contributed by atoms with van der Waals surface area (Å²) in [7, 11) is -3.99. The summed E-state index contributed by atoms with van der Waals surface area (Å²) in [5.41, 5.74) is -1.06. The van der Waals surface area contributed by atoms with Gasteiger partial charge in [-0.3, -0.25) is 4.98 Å². The number of morpholine rings is 1. The molecule has 16 heteroatoms. The lowest BCUT2D eigenvalue weighted by Gasteiger charge is -2.46. The number of halogens is 6. The number of rotatable bonds is 3. The first-order valence-corrected chi connectivity index (χ1v) is 10.7. The van der Waals surface area contributed by atoms with Gasteiger partial charge in [-0.15, -0.1) is 0 Å². The number of carbonyl (C=O) groups is 1. The van der Waals surface area contributed by atoms with Crippen LogP contribution in [-0.2, 0) is 19.5 Å². The molecule has 0 atom stereocenters. The quantitative estimate of drug-likeness (QED) is 0.595. The summed E-state index contributed by atoms with van der Waals surface area (Å²) in [6.07, 6.45) is -14.1. The van der Waals surface area contributed by atoms with Crippen LogP contribution in [0.4, 0.5) is 31.1 Å². The van der Waals surface area contributed by atoms with Gasteiger partial charge in [0.25, 0.3) is 16.1 Å². The molecule has 0 aliphatic carbocycles. The summed E-state index contributed by atoms with van der Waals surface area (Å²) in [5, 5.41) is -0.275. The van der Waals surface area contributed by atoms with Gasteiger partial charge in [0.1, 0.15) is 0 Å². The molecule has 0 saturated carbocycles. The molecule has 9 nitrogen and oxygen atoms in total. The van der Waals surface area contributed by atoms with E-state index in [-0.39, 0.29) is 50.7 Å². The number of hydrogen-bond donors (Lipinski definition) is 0. The van der Waals surface area contributed by atoms with Crippen molar-refractivity contribution < 1.29 is 49.0 Å². The van der Waals surface area contributed by atoms with Crippen molar-refractivity contribution in [3.05, 3.63) is 18.6 Å². The number of nitrogens with zero attached hydrogens (tertiary/aromatic N) is 4. The molecular weight excluding hydrogens is 474 g/mol. The van der Waals surface area contributed by atoms with Gasteiger partial charge in [0, 0.05) is 38.6 Å². The number of likely N-dealkylation sites (tertiary alicyclic amines) is 1. The third-order valence-corrected chi connectivity index (χ3v) is 6.83. The van der Waals surface area contributed by atoms with Gasteiger partial charge < -0.3 is 14.4 Å². The Hall–Kier alpha value is -2.20. The highest BCUT2D eigenvalue weighted by Crippen LogP contribution is 2.37. The van der Waals surface area contributed by atoms with Crippen molar-refractivity contribution in [2.24, 2.45) is 0 Å². The van der Waals surface area contributed by atoms with Crippen molar-refractivity contribution in [3.8, 4) is 0 Å². The molecule has 180 valence electrons. The van der Waals surface area contributed by atoms with Gasteiger partial charge in [-0.05, 0) is 12.8 Å². The van der Waals surface area contributed by atoms with Crippen molar-refractivity contribution in [2.75, 3.05) is 32.8 Å². The average Bonchev–Trinajstić information content (AvgIpc) is 2.71. The maximum Gasteiger partial charge on any atom is 0.434 e. The van der Waals surface area contributed by atoms with Crippen molar-refractivity contribution >= 4 is 16.1 Å². The molecule has 1 aromatic rings. The second kappa shape index (κ2) is 8.62. The van der Waals surface area contributed by atoms with E-state index in [1.54, 1.807) is 0 Å². The summed E-state index contributed by atoms with van der Waals surface area (Å²) < 4.78 is 112. The number of carbonyl (C=O) groups excluding carboxylic acids is 1. The molecule has 2 aliphatic heterocycles. The summed E-state index contributed by atoms with van der Waals surface area (Å²) in [6, 6.07) is 0. The fourth-order valence-corrected chi connectivity index (χ4v) is 4.83. The maximum atomic E-state index is 12.8. The van der Waals surface area contributed by atoms with E-state index in [0.717, 1.165) is 10.5 Å². The van der Waals surface area contributed by atoms with Gasteiger partial charge in [0.2, 0.25) is 0 Å². The molecule has 1 aromatic heterocycles. The average molecular weight is 492 g/mol. The lowest BCUT2D eigenvalue weighted by Crippen LogP contribution is -2.59. The Bertz CT molecular complexity index is 905. The Balaban J connectivity index is 1.65. The smallest absolute Gasteiger partial charge is 0.426 e. The summed E-state index contributed by atoms with van der Waals surface area (Å²) in [6.45, 7) is -0.650. The van der Waals surface area contributed by atoms with Crippen LogP contribution in [0.3, 0.4) is 0 Å². The van der Waals surface area contributed by atoms with E-state index >= 15 is 0 Å². The molecule has 0 unspecified atom stereocenters. The molecule has 0 radical (unpaired) electrons. The minimum atomic E-state index is -5.81. The van der Waals surface area contributed by atoms with E-state index in [1.165, 1.54) is 12.4 Å². The van der Waals surface area contributed by atoms with Crippen LogP contribution in [0.25, 0.3) is 0 Å². The Morgan fingerprint density at radius 2 is 1.72 bits per heavy atom. The highest BCUT2D eigenvalue weighted by Gasteiger charge is 2.60. The molecule has 2 fully saturated rings. The standard InChI is InChI=1S/C16H18F6N4O5S/c17-15(18,19)12(16(20,21)22)31-13(27)25-5-1-14(2-6-25)10-26(7-8-30-14)32(28,29)11-9-23-3-4-24-11/h3-4,9,12H,1-2,5-8,10H2. The van der Waals surface area contributed by atoms with E-state index in [2.05, 4.69) is 14.7 Å². The zero-order chi connectivity index (χ0) is 23.8. The van der Waals surface area contributed by atoms with Gasteiger partial charge in [0.05, 0.1) is 18.4 Å². The first kappa shape index (κ1) is 24.4. The minimum Gasteiger partial charge on any atom is -0.426 e. The summed E-state index contributed by atoms with van der Waals surface area (Å²) in [5.74, 6) is 0. The number of aromatic nitrogens is 2. The van der Waals surface area contributed by atoms with Crippen LogP contribution in [0.15, 0.2) is 23.6 Å². The first-order chi connectivity index (χ1) is 14.7. The van der Waals surface area contributed by atoms with Crippen LogP contribution < -0.4 is 0 Å². The highest BCUT2D eigenvalue weighted by atomic mass is 32.2. The van der Waals surface area contributed by atoms with Crippen LogP contribution >= 0.6 is 0 Å². The van der Waals surface area contributed by atoms with E-state index < -0.39 is 40.2 Å². The van der Waals surface area contributed by atoms with Crippen molar-refractivity contribution in [1.29, 1.82) is 0 Å². The predicted octanol–water partition coefficient (Wildman–Crippen LogP) is 1.96. The fourth-order valence-electron chi connectivity index (χ4n) is 3.46. The van der Waals surface area contributed by atoms with Gasteiger partial charge in [-0.25, -0.2) is 18.2 Å². The Kier molecular flexibility index (Phi) is 6.59. The Labute approximate surface area is 178 Å². The number of piperidine rings is 1. The molecule has 2 saturated heterocycles. The van der Waals surface area contributed by atoms with E-state index in [0.29, 0.717) is 4.90 Å². The zero-order valence-corrected chi connectivity index (χ0v) is 17.1. The summed E-state index contributed by atoms with van der Waals surface area (Å²) in [4.78, 5) is 20.1. The molecule has 3 rings (SSSR count). The Morgan fingerprint density at radius 3 is 2.25 bits per heavy atom. The Morgan fingerprint density at radius 1 is 1.09 bits per heavy atom. The van der Waals surface area contributed by atoms with Crippen LogP contribution in [0.5, 0.6) is 0 Å². The second-order valence-electron chi connectivity index (χ2n) is 7.25. The van der Waals surface area contributed by atoms with Crippen molar-refractivity contribution in [3.63, 3.8) is 0 Å². The van der Waals surface area contributed by atoms with Crippen molar-refractivity contribution in [1.82, 2.24) is 19.2 Å². The van der Waals surface area contributed by atoms with Gasteiger partial charge in [0.15, 0.2) is 5.03 Å². The van der Waals surface area contributed by atoms with Crippen LogP contribution in [0.1, 0.15) is 12.8 Å². The van der Waals surface area contributed by atoms with Gasteiger partial charge in [-0.2, -0.15) is 30.6 Å². The minimum absolute atomic E-state index is 0.00810. The summed E-state index contributed by atoms with van der Waals surface area (Å²) >= 11 is 0. The largest absolute Gasteiger partial charge is 0.434 e. The lowest BCUT2D eigenvalue weighted by molar-refractivity contribution is -0.308. The third kappa shape index (κ3) is 5.23. The number of alkyl halides is 6. The molecule has 3 heterocycles. The van der Waals surface area contributed by atoms with Crippen molar-refractivity contribution in [2.45, 2.75) is 41.9 Å². The molecule has 0 aromatic carbocycles. The van der Waals surface area contributed by atoms with E-state index in [4.69, 9.17) is 4.74 Å². The maximum absolute atomic E-state index is 12.8. The molecule has 32 heavy (non-hydrogen) atoms. The molecule has 1 spiro atoms. The fraction of sp³-hybridized carbons (Fsp3) is 0.688. The zero-order valence-electron chi connectivity index (χ0n) is 16.3. The van der Waals surface area contributed by atoms with Crippen LogP contribution in [0.2, 0.25) is 0 Å². The van der Waals surface area contributed by atoms with Crippen LogP contribution in [0, 0.1) is 0 Å².